The molecule has 2 fully saturated rings. The minimum Gasteiger partial charge on any atom is -0.491 e. The molecule has 0 spiro atoms. The molecule has 0 unspecified atom stereocenters. The van der Waals surface area contributed by atoms with Crippen molar-refractivity contribution in [1.29, 1.82) is 0 Å². The van der Waals surface area contributed by atoms with Crippen molar-refractivity contribution in [3.63, 3.8) is 0 Å². The third kappa shape index (κ3) is 6.19. The minimum atomic E-state index is -4.46. The SMILES string of the molecule is CC(C)(C)[Si](C)(C)O[C@@H]1C[C@@H]2OC(=O)C[C@@H]2[C@H]1/C=C/[C@@H](O)COc1cccc(C(F)(F)F)c1. The summed E-state index contributed by atoms with van der Waals surface area (Å²) in [6.45, 7) is 10.6. The van der Waals surface area contributed by atoms with E-state index in [9.17, 15) is 23.1 Å². The van der Waals surface area contributed by atoms with Crippen LogP contribution in [0.3, 0.4) is 0 Å². The second-order valence-electron chi connectivity index (χ2n) is 10.4. The number of aliphatic hydroxyl groups is 1. The normalized spacial score (nSPS) is 27.0. The number of rotatable bonds is 7. The third-order valence-electron chi connectivity index (χ3n) is 6.94. The van der Waals surface area contributed by atoms with Crippen molar-refractivity contribution in [2.75, 3.05) is 6.61 Å². The lowest BCUT2D eigenvalue weighted by Gasteiger charge is -2.39. The summed E-state index contributed by atoms with van der Waals surface area (Å²) in [6.07, 6.45) is -1.44. The summed E-state index contributed by atoms with van der Waals surface area (Å²) < 4.78 is 56.1. The molecule has 33 heavy (non-hydrogen) atoms. The highest BCUT2D eigenvalue weighted by Gasteiger charge is 2.52. The van der Waals surface area contributed by atoms with E-state index in [1.807, 2.05) is 6.08 Å². The molecular weight excluding hydrogens is 453 g/mol. The van der Waals surface area contributed by atoms with Crippen molar-refractivity contribution < 1.29 is 37.0 Å². The molecule has 5 nitrogen and oxygen atoms in total. The Morgan fingerprint density at radius 3 is 2.61 bits per heavy atom. The maximum atomic E-state index is 12.9. The predicted molar refractivity (Wildman–Crippen MR) is 120 cm³/mol. The fraction of sp³-hybridized carbons (Fsp3) is 0.625. The molecule has 9 heteroatoms. The molecule has 1 aliphatic heterocycles. The van der Waals surface area contributed by atoms with Gasteiger partial charge in [-0.25, -0.2) is 0 Å². The van der Waals surface area contributed by atoms with Gasteiger partial charge in [0.25, 0.3) is 0 Å². The van der Waals surface area contributed by atoms with Crippen LogP contribution >= 0.6 is 0 Å². The molecule has 2 aliphatic rings. The lowest BCUT2D eigenvalue weighted by atomic mass is 9.91. The number of fused-ring (bicyclic) bond motifs is 1. The summed E-state index contributed by atoms with van der Waals surface area (Å²) in [5.41, 5.74) is -0.807. The Labute approximate surface area is 194 Å². The molecule has 0 amide bonds. The van der Waals surface area contributed by atoms with E-state index >= 15 is 0 Å². The molecule has 1 aromatic rings. The molecule has 3 rings (SSSR count). The number of carbonyl (C=O) groups excluding carboxylic acids is 1. The van der Waals surface area contributed by atoms with E-state index in [1.54, 1.807) is 6.08 Å². The minimum absolute atomic E-state index is 0.0138. The van der Waals surface area contributed by atoms with Gasteiger partial charge in [-0.05, 0) is 36.3 Å². The zero-order valence-electron chi connectivity index (χ0n) is 19.7. The predicted octanol–water partition coefficient (Wildman–Crippen LogP) is 5.34. The Kier molecular flexibility index (Phi) is 7.36. The van der Waals surface area contributed by atoms with Crippen molar-refractivity contribution in [2.24, 2.45) is 11.8 Å². The first-order valence-corrected chi connectivity index (χ1v) is 14.1. The second kappa shape index (κ2) is 9.42. The number of esters is 1. The van der Waals surface area contributed by atoms with Crippen LogP contribution in [0.5, 0.6) is 5.75 Å². The van der Waals surface area contributed by atoms with Crippen LogP contribution in [0.25, 0.3) is 0 Å². The zero-order valence-corrected chi connectivity index (χ0v) is 20.7. The van der Waals surface area contributed by atoms with Crippen molar-refractivity contribution in [3.8, 4) is 5.75 Å². The Hall–Kier alpha value is -1.84. The van der Waals surface area contributed by atoms with Crippen LogP contribution in [0, 0.1) is 11.8 Å². The van der Waals surface area contributed by atoms with Gasteiger partial charge in [0.05, 0.1) is 18.1 Å². The Morgan fingerprint density at radius 1 is 1.27 bits per heavy atom. The average Bonchev–Trinajstić information content (AvgIpc) is 3.18. The van der Waals surface area contributed by atoms with E-state index < -0.39 is 26.2 Å². The number of aliphatic hydroxyl groups excluding tert-OH is 1. The van der Waals surface area contributed by atoms with Crippen LogP contribution in [-0.4, -0.2) is 44.3 Å². The van der Waals surface area contributed by atoms with E-state index in [0.29, 0.717) is 12.8 Å². The molecule has 1 heterocycles. The van der Waals surface area contributed by atoms with Gasteiger partial charge in [0.15, 0.2) is 8.32 Å². The fourth-order valence-electron chi connectivity index (χ4n) is 4.10. The van der Waals surface area contributed by atoms with E-state index in [-0.39, 0.29) is 47.4 Å². The maximum Gasteiger partial charge on any atom is 0.416 e. The summed E-state index contributed by atoms with van der Waals surface area (Å²) >= 11 is 0. The first-order chi connectivity index (χ1) is 15.2. The Bertz CT molecular complexity index is 878. The molecule has 1 N–H and O–H groups in total. The molecule has 0 radical (unpaired) electrons. The van der Waals surface area contributed by atoms with Gasteiger partial charge in [0.2, 0.25) is 0 Å². The van der Waals surface area contributed by atoms with E-state index in [4.69, 9.17) is 13.9 Å². The highest BCUT2D eigenvalue weighted by Crippen LogP contribution is 2.47. The molecule has 1 aromatic carbocycles. The quantitative estimate of drug-likeness (QED) is 0.320. The molecule has 0 aromatic heterocycles. The summed E-state index contributed by atoms with van der Waals surface area (Å²) in [4.78, 5) is 11.8. The molecule has 1 aliphatic carbocycles. The van der Waals surface area contributed by atoms with Crippen molar-refractivity contribution >= 4 is 14.3 Å². The van der Waals surface area contributed by atoms with Gasteiger partial charge in [-0.1, -0.05) is 39.0 Å². The average molecular weight is 487 g/mol. The second-order valence-corrected chi connectivity index (χ2v) is 15.2. The van der Waals surface area contributed by atoms with E-state index in [2.05, 4.69) is 33.9 Å². The van der Waals surface area contributed by atoms with Crippen LogP contribution < -0.4 is 4.74 Å². The molecular formula is C24H33F3O5Si. The summed E-state index contributed by atoms with van der Waals surface area (Å²) in [7, 11) is -2.07. The zero-order chi connectivity index (χ0) is 24.6. The van der Waals surface area contributed by atoms with Crippen LogP contribution in [0.15, 0.2) is 36.4 Å². The standard InChI is InChI=1S/C24H33F3O5Si/c1-23(2,3)33(4,5)32-21-13-20-19(12-22(29)31-20)18(21)10-9-16(28)14-30-17-8-6-7-15(11-17)24(25,26)27/h6-11,16,18-21,28H,12-14H2,1-5H3/b10-9+/t16-,18-,19-,20+,21-/m1/s1. The first kappa shape index (κ1) is 25.8. The topological polar surface area (TPSA) is 65.0 Å². The highest BCUT2D eigenvalue weighted by molar-refractivity contribution is 6.74. The molecule has 0 bridgehead atoms. The number of hydrogen-bond donors (Lipinski definition) is 1. The van der Waals surface area contributed by atoms with E-state index in [0.717, 1.165) is 12.1 Å². The van der Waals surface area contributed by atoms with Gasteiger partial charge in [-0.15, -0.1) is 0 Å². The molecule has 1 saturated heterocycles. The Morgan fingerprint density at radius 2 is 1.97 bits per heavy atom. The van der Waals surface area contributed by atoms with Gasteiger partial charge >= 0.3 is 12.1 Å². The monoisotopic (exact) mass is 486 g/mol. The number of benzene rings is 1. The van der Waals surface area contributed by atoms with Crippen LogP contribution in [0.1, 0.15) is 39.2 Å². The number of halogens is 3. The lowest BCUT2D eigenvalue weighted by molar-refractivity contribution is -0.142. The van der Waals surface area contributed by atoms with Crippen LogP contribution in [-0.2, 0) is 20.1 Å². The number of hydrogen-bond acceptors (Lipinski definition) is 5. The van der Waals surface area contributed by atoms with Gasteiger partial charge in [-0.3, -0.25) is 4.79 Å². The van der Waals surface area contributed by atoms with Crippen LogP contribution in [0.4, 0.5) is 13.2 Å². The van der Waals surface area contributed by atoms with Gasteiger partial charge in [0.1, 0.15) is 24.6 Å². The molecule has 5 atom stereocenters. The van der Waals surface area contributed by atoms with Gasteiger partial charge in [-0.2, -0.15) is 13.2 Å². The van der Waals surface area contributed by atoms with Crippen LogP contribution in [0.2, 0.25) is 18.1 Å². The summed E-state index contributed by atoms with van der Waals surface area (Å²) in [6, 6.07) is 4.55. The smallest absolute Gasteiger partial charge is 0.416 e. The molecule has 1 saturated carbocycles. The van der Waals surface area contributed by atoms with Crippen molar-refractivity contribution in [2.45, 2.75) is 76.2 Å². The fourth-order valence-corrected chi connectivity index (χ4v) is 5.47. The molecule has 184 valence electrons. The van der Waals surface area contributed by atoms with Crippen molar-refractivity contribution in [3.05, 3.63) is 42.0 Å². The van der Waals surface area contributed by atoms with E-state index in [1.165, 1.54) is 12.1 Å². The number of ether oxygens (including phenoxy) is 2. The van der Waals surface area contributed by atoms with Gasteiger partial charge in [0, 0.05) is 18.3 Å². The highest BCUT2D eigenvalue weighted by atomic mass is 28.4. The van der Waals surface area contributed by atoms with Crippen molar-refractivity contribution in [1.82, 2.24) is 0 Å². The summed E-state index contributed by atoms with van der Waals surface area (Å²) in [5.74, 6) is -0.298. The lowest BCUT2D eigenvalue weighted by Crippen LogP contribution is -2.45. The van der Waals surface area contributed by atoms with Gasteiger partial charge < -0.3 is 19.0 Å². The Balaban J connectivity index is 1.66. The first-order valence-electron chi connectivity index (χ1n) is 11.2. The maximum absolute atomic E-state index is 12.9. The summed E-state index contributed by atoms with van der Waals surface area (Å²) in [5, 5.41) is 10.4. The number of carbonyl (C=O) groups is 1. The third-order valence-corrected chi connectivity index (χ3v) is 11.4. The largest absolute Gasteiger partial charge is 0.491 e. The number of alkyl halides is 3.